The summed E-state index contributed by atoms with van der Waals surface area (Å²) in [5, 5.41) is 8.12. The van der Waals surface area contributed by atoms with Crippen molar-refractivity contribution < 1.29 is 13.6 Å². The monoisotopic (exact) mass is 514 g/mol. The molecule has 3 fully saturated rings. The Kier molecular flexibility index (Phi) is 6.41. The van der Waals surface area contributed by atoms with Crippen molar-refractivity contribution in [2.45, 2.75) is 75.3 Å². The number of nitrogens with zero attached hydrogens (tertiary/aromatic N) is 2. The number of amides is 1. The van der Waals surface area contributed by atoms with Gasteiger partial charge < -0.3 is 15.5 Å². The molecular weight excluding hydrogens is 478 g/mol. The van der Waals surface area contributed by atoms with Gasteiger partial charge in [-0.2, -0.15) is 0 Å². The highest BCUT2D eigenvalue weighted by molar-refractivity contribution is 7.11. The van der Waals surface area contributed by atoms with E-state index in [1.54, 1.807) is 11.3 Å². The smallest absolute Gasteiger partial charge is 0.248 e. The van der Waals surface area contributed by atoms with Crippen molar-refractivity contribution in [3.05, 3.63) is 51.5 Å². The van der Waals surface area contributed by atoms with E-state index in [0.717, 1.165) is 43.2 Å². The predicted molar refractivity (Wildman–Crippen MR) is 137 cm³/mol. The molecule has 0 radical (unpaired) electrons. The van der Waals surface area contributed by atoms with Gasteiger partial charge in [0.2, 0.25) is 11.8 Å². The van der Waals surface area contributed by atoms with Gasteiger partial charge in [0.15, 0.2) is 0 Å². The number of fused-ring (bicyclic) bond motifs is 2. The summed E-state index contributed by atoms with van der Waals surface area (Å²) in [6.45, 7) is 5.69. The molecule has 5 nitrogen and oxygen atoms in total. The van der Waals surface area contributed by atoms with Gasteiger partial charge in [0.1, 0.15) is 0 Å². The van der Waals surface area contributed by atoms with Crippen molar-refractivity contribution in [1.82, 2.24) is 20.5 Å². The normalized spacial score (nSPS) is 32.5. The minimum atomic E-state index is -2.56. The number of halogens is 2. The molecular formula is C28H36F2N4OS. The Labute approximate surface area is 216 Å². The summed E-state index contributed by atoms with van der Waals surface area (Å²) < 4.78 is 28.1. The van der Waals surface area contributed by atoms with E-state index < -0.39 is 5.92 Å². The number of piperidine rings is 1. The van der Waals surface area contributed by atoms with Crippen LogP contribution < -0.4 is 10.6 Å². The minimum Gasteiger partial charge on any atom is -0.339 e. The Hall–Kier alpha value is -1.90. The Morgan fingerprint density at radius 2 is 1.86 bits per heavy atom. The Balaban J connectivity index is 1.29. The first-order chi connectivity index (χ1) is 17.4. The van der Waals surface area contributed by atoms with E-state index >= 15 is 0 Å². The van der Waals surface area contributed by atoms with Gasteiger partial charge in [0.05, 0.1) is 16.6 Å². The molecule has 0 bridgehead atoms. The van der Waals surface area contributed by atoms with E-state index in [1.165, 1.54) is 10.4 Å². The Morgan fingerprint density at radius 3 is 2.64 bits per heavy atom. The lowest BCUT2D eigenvalue weighted by molar-refractivity contribution is -0.143. The van der Waals surface area contributed by atoms with Crippen molar-refractivity contribution in [2.24, 2.45) is 11.8 Å². The highest BCUT2D eigenvalue weighted by atomic mass is 32.1. The van der Waals surface area contributed by atoms with Crippen LogP contribution in [-0.4, -0.2) is 53.9 Å². The van der Waals surface area contributed by atoms with Gasteiger partial charge in [-0.1, -0.05) is 30.3 Å². The molecule has 6 rings (SSSR count). The second kappa shape index (κ2) is 9.44. The van der Waals surface area contributed by atoms with Crippen LogP contribution >= 0.6 is 11.3 Å². The predicted octanol–water partition coefficient (Wildman–Crippen LogP) is 4.61. The first kappa shape index (κ1) is 24.4. The number of hydrogen-bond donors (Lipinski definition) is 2. The Morgan fingerprint density at radius 1 is 1.11 bits per heavy atom. The summed E-state index contributed by atoms with van der Waals surface area (Å²) in [6.07, 6.45) is 2.66. The van der Waals surface area contributed by atoms with Crippen LogP contribution in [0.1, 0.15) is 65.6 Å². The van der Waals surface area contributed by atoms with Crippen molar-refractivity contribution in [3.8, 4) is 0 Å². The number of thiazole rings is 1. The molecule has 1 amide bonds. The van der Waals surface area contributed by atoms with E-state index in [9.17, 15) is 13.6 Å². The minimum absolute atomic E-state index is 0.0180. The van der Waals surface area contributed by atoms with Crippen LogP contribution in [0.25, 0.3) is 0 Å². The van der Waals surface area contributed by atoms with E-state index in [0.29, 0.717) is 31.8 Å². The molecule has 36 heavy (non-hydrogen) atoms. The zero-order valence-corrected chi connectivity index (χ0v) is 21.8. The first-order valence-corrected chi connectivity index (χ1v) is 14.3. The van der Waals surface area contributed by atoms with E-state index in [4.69, 9.17) is 4.98 Å². The number of aromatic nitrogens is 1. The number of carbonyl (C=O) groups is 1. The second-order valence-corrected chi connectivity index (χ2v) is 12.6. The van der Waals surface area contributed by atoms with Crippen LogP contribution in [0.3, 0.4) is 0 Å². The molecule has 4 atom stereocenters. The number of hydrogen-bond acceptors (Lipinski definition) is 5. The van der Waals surface area contributed by atoms with Crippen LogP contribution in [0.2, 0.25) is 0 Å². The van der Waals surface area contributed by atoms with Crippen molar-refractivity contribution in [1.29, 1.82) is 0 Å². The lowest BCUT2D eigenvalue weighted by Crippen LogP contribution is -2.57. The van der Waals surface area contributed by atoms with E-state index in [1.807, 2.05) is 13.0 Å². The fourth-order valence-electron chi connectivity index (χ4n) is 7.36. The molecule has 8 heteroatoms. The van der Waals surface area contributed by atoms with Crippen molar-refractivity contribution >= 4 is 17.2 Å². The van der Waals surface area contributed by atoms with Gasteiger partial charge in [-0.25, -0.2) is 13.8 Å². The maximum Gasteiger partial charge on any atom is 0.248 e. The summed E-state index contributed by atoms with van der Waals surface area (Å²) >= 11 is 1.74. The lowest BCUT2D eigenvalue weighted by atomic mass is 9.71. The molecule has 4 heterocycles. The average molecular weight is 515 g/mol. The molecule has 1 aromatic heterocycles. The molecule has 1 saturated carbocycles. The van der Waals surface area contributed by atoms with Crippen LogP contribution in [0.5, 0.6) is 0 Å². The number of alkyl halides is 2. The van der Waals surface area contributed by atoms with Crippen LogP contribution in [0, 0.1) is 18.8 Å². The summed E-state index contributed by atoms with van der Waals surface area (Å²) in [6, 6.07) is 10.5. The Bertz CT molecular complexity index is 1100. The van der Waals surface area contributed by atoms with Gasteiger partial charge in [-0.05, 0) is 50.0 Å². The number of benzene rings is 1. The first-order valence-electron chi connectivity index (χ1n) is 13.5. The third-order valence-corrected chi connectivity index (χ3v) is 10.5. The second-order valence-electron chi connectivity index (χ2n) is 11.4. The summed E-state index contributed by atoms with van der Waals surface area (Å²) in [7, 11) is 0. The highest BCUT2D eigenvalue weighted by Crippen LogP contribution is 2.47. The topological polar surface area (TPSA) is 57.3 Å². The van der Waals surface area contributed by atoms with Gasteiger partial charge in [0.25, 0.3) is 0 Å². The maximum atomic E-state index is 14.4. The molecule has 1 aromatic carbocycles. The summed E-state index contributed by atoms with van der Waals surface area (Å²) in [5.41, 5.74) is 2.10. The van der Waals surface area contributed by atoms with Crippen molar-refractivity contribution in [3.63, 3.8) is 0 Å². The quantitative estimate of drug-likeness (QED) is 0.628. The largest absolute Gasteiger partial charge is 0.339 e. The molecule has 2 N–H and O–H groups in total. The fraction of sp³-hybridized carbons (Fsp3) is 0.643. The molecule has 4 unspecified atom stereocenters. The fourth-order valence-corrected chi connectivity index (χ4v) is 8.54. The van der Waals surface area contributed by atoms with Crippen LogP contribution in [0.4, 0.5) is 8.78 Å². The molecule has 3 aliphatic heterocycles. The van der Waals surface area contributed by atoms with Gasteiger partial charge in [-0.15, -0.1) is 11.3 Å². The SMILES string of the molecule is Cc1nc2c(s1)C1(CNC2)CNCC1C(=O)N1CCC(c2ccccc2)CC1C1CCC(F)(F)CC1. The number of carbonyl (C=O) groups excluding carboxylic acids is 1. The number of likely N-dealkylation sites (tertiary alicyclic amines) is 1. The number of aryl methyl sites for hydroxylation is 1. The number of nitrogens with one attached hydrogen (secondary N) is 2. The molecule has 2 aromatic rings. The lowest BCUT2D eigenvalue weighted by Gasteiger charge is -2.48. The maximum absolute atomic E-state index is 14.4. The third-order valence-electron chi connectivity index (χ3n) is 9.25. The third kappa shape index (κ3) is 4.29. The molecule has 1 aliphatic carbocycles. The van der Waals surface area contributed by atoms with Gasteiger partial charge in [0, 0.05) is 61.9 Å². The van der Waals surface area contributed by atoms with Gasteiger partial charge in [-0.3, -0.25) is 4.79 Å². The number of rotatable bonds is 3. The summed E-state index contributed by atoms with van der Waals surface area (Å²) in [5.74, 6) is -2.02. The van der Waals surface area contributed by atoms with E-state index in [2.05, 4.69) is 39.8 Å². The van der Waals surface area contributed by atoms with Crippen molar-refractivity contribution in [2.75, 3.05) is 26.2 Å². The summed E-state index contributed by atoms with van der Waals surface area (Å²) in [4.78, 5) is 22.5. The van der Waals surface area contributed by atoms with Gasteiger partial charge >= 0.3 is 0 Å². The van der Waals surface area contributed by atoms with Crippen LogP contribution in [0.15, 0.2) is 30.3 Å². The average Bonchev–Trinajstić information content (AvgIpc) is 3.48. The molecule has 194 valence electrons. The highest BCUT2D eigenvalue weighted by Gasteiger charge is 2.54. The standard InChI is InChI=1S/C28H36F2N4OS/c1-18-33-23-15-32-17-27(25(23)36-18)16-31-14-22(27)26(35)34-12-9-21(19-5-3-2-4-6-19)13-24(34)20-7-10-28(29,30)11-8-20/h2-6,20-22,24,31-32H,7-17H2,1H3. The van der Waals surface area contributed by atoms with Crippen LogP contribution in [-0.2, 0) is 16.8 Å². The molecule has 1 spiro atoms. The zero-order valence-electron chi connectivity index (χ0n) is 20.9. The molecule has 2 saturated heterocycles. The van der Waals surface area contributed by atoms with E-state index in [-0.39, 0.29) is 42.0 Å². The zero-order chi connectivity index (χ0) is 24.9. The molecule has 4 aliphatic rings.